The molecule has 0 atom stereocenters. The molecule has 1 aliphatic rings. The molecule has 2 aromatic carbocycles. The van der Waals surface area contributed by atoms with Gasteiger partial charge < -0.3 is 15.1 Å². The lowest BCUT2D eigenvalue weighted by atomic mass is 10.0. The number of β-amino-alcohol motifs (C(OH)–C–C–N with tert-alkyl or cyclic N) is 1. The number of aryl methyl sites for hydroxylation is 1. The molecule has 2 N–H and O–H groups in total. The molecule has 0 unspecified atom stereocenters. The van der Waals surface area contributed by atoms with E-state index >= 15 is 0 Å². The summed E-state index contributed by atoms with van der Waals surface area (Å²) in [7, 11) is 0. The number of carbonyl (C=O) groups excluding carboxylic acids is 1. The van der Waals surface area contributed by atoms with Crippen molar-refractivity contribution >= 4 is 23.5 Å². The number of aromatic nitrogens is 2. The van der Waals surface area contributed by atoms with Crippen LogP contribution in [0.5, 0.6) is 0 Å². The Morgan fingerprint density at radius 3 is 2.20 bits per heavy atom. The molecule has 1 fully saturated rings. The Morgan fingerprint density at radius 1 is 1.07 bits per heavy atom. The molecule has 1 aliphatic heterocycles. The summed E-state index contributed by atoms with van der Waals surface area (Å²) in [4.78, 5) is 25.8. The van der Waals surface area contributed by atoms with Crippen molar-refractivity contribution in [2.45, 2.75) is 26.4 Å². The Morgan fingerprint density at radius 2 is 1.68 bits per heavy atom. The molecule has 218 valence electrons. The average molecular weight is 592 g/mol. The van der Waals surface area contributed by atoms with Gasteiger partial charge >= 0.3 is 12.1 Å². The zero-order valence-corrected chi connectivity index (χ0v) is 23.2. The fraction of sp³-hybridized carbons (Fsp3) is 0.357. The van der Waals surface area contributed by atoms with Gasteiger partial charge in [-0.15, -0.1) is 0 Å². The monoisotopic (exact) mass is 591 g/mol. The van der Waals surface area contributed by atoms with E-state index in [1.165, 1.54) is 0 Å². The van der Waals surface area contributed by atoms with Gasteiger partial charge in [-0.05, 0) is 49.7 Å². The van der Waals surface area contributed by atoms with Crippen molar-refractivity contribution in [3.63, 3.8) is 0 Å². The minimum absolute atomic E-state index is 0.0491. The second-order valence-corrected chi connectivity index (χ2v) is 9.78. The van der Waals surface area contributed by atoms with Gasteiger partial charge in [-0.2, -0.15) is 23.5 Å². The van der Waals surface area contributed by atoms with Crippen LogP contribution in [0.1, 0.15) is 38.4 Å². The third-order valence-electron chi connectivity index (χ3n) is 6.66. The number of aliphatic hydroxyl groups excluding tert-OH is 1. The van der Waals surface area contributed by atoms with Crippen molar-refractivity contribution in [2.75, 3.05) is 39.3 Å². The van der Waals surface area contributed by atoms with Crippen LogP contribution < -0.4 is 0 Å². The van der Waals surface area contributed by atoms with Crippen molar-refractivity contribution in [3.8, 4) is 11.8 Å². The van der Waals surface area contributed by atoms with Gasteiger partial charge in [0.2, 0.25) is 0 Å². The van der Waals surface area contributed by atoms with Gasteiger partial charge in [-0.1, -0.05) is 23.7 Å². The minimum Gasteiger partial charge on any atom is -0.475 e. The van der Waals surface area contributed by atoms with E-state index in [1.54, 1.807) is 12.1 Å². The van der Waals surface area contributed by atoms with Crippen molar-refractivity contribution in [2.24, 2.45) is 0 Å². The Kier molecular flexibility index (Phi) is 10.5. The van der Waals surface area contributed by atoms with E-state index in [1.807, 2.05) is 53.8 Å². The van der Waals surface area contributed by atoms with E-state index < -0.39 is 12.1 Å². The van der Waals surface area contributed by atoms with E-state index in [0.717, 1.165) is 41.3 Å². The van der Waals surface area contributed by atoms with Crippen LogP contribution in [-0.2, 0) is 11.2 Å². The zero-order chi connectivity index (χ0) is 30.3. The van der Waals surface area contributed by atoms with Crippen LogP contribution in [0.2, 0.25) is 5.02 Å². The van der Waals surface area contributed by atoms with E-state index in [0.29, 0.717) is 42.2 Å². The molecular weight excluding hydrogens is 563 g/mol. The molecule has 3 aromatic rings. The molecule has 13 heteroatoms. The maximum atomic E-state index is 12.9. The van der Waals surface area contributed by atoms with Crippen molar-refractivity contribution in [1.82, 2.24) is 19.6 Å². The van der Waals surface area contributed by atoms with Gasteiger partial charge in [-0.3, -0.25) is 9.69 Å². The van der Waals surface area contributed by atoms with E-state index in [4.69, 9.17) is 37.0 Å². The number of aliphatic hydroxyl groups is 1. The number of alkyl halides is 3. The predicted octanol–water partition coefficient (Wildman–Crippen LogP) is 3.99. The highest BCUT2D eigenvalue weighted by atomic mass is 35.5. The Labute approximate surface area is 240 Å². The molecule has 0 spiro atoms. The number of benzene rings is 2. The van der Waals surface area contributed by atoms with Crippen LogP contribution in [-0.4, -0.2) is 87.2 Å². The Bertz CT molecular complexity index is 1430. The number of carboxylic acids is 1. The SMILES string of the molecule is Cc1nn(-c2ccc(C#N)c(Cl)c2)c(C)c1Cc1ccc(C(=O)N2CCN(CCO)CC2)cc1.O=C(O)C(F)(F)F. The fourth-order valence-electron chi connectivity index (χ4n) is 4.38. The number of amides is 1. The van der Waals surface area contributed by atoms with E-state index in [9.17, 15) is 18.0 Å². The first-order valence-corrected chi connectivity index (χ1v) is 13.0. The number of carboxylic acid groups (broad SMARTS) is 1. The second-order valence-electron chi connectivity index (χ2n) is 9.37. The highest BCUT2D eigenvalue weighted by Crippen LogP contribution is 2.25. The minimum atomic E-state index is -5.08. The van der Waals surface area contributed by atoms with Crippen LogP contribution in [0.3, 0.4) is 0 Å². The number of carbonyl (C=O) groups is 2. The molecule has 4 rings (SSSR count). The number of hydrogen-bond donors (Lipinski definition) is 2. The molecule has 41 heavy (non-hydrogen) atoms. The number of nitrogens with zero attached hydrogens (tertiary/aromatic N) is 5. The summed E-state index contributed by atoms with van der Waals surface area (Å²) in [6.07, 6.45) is -4.38. The lowest BCUT2D eigenvalue weighted by molar-refractivity contribution is -0.192. The fourth-order valence-corrected chi connectivity index (χ4v) is 4.59. The third kappa shape index (κ3) is 8.07. The van der Waals surface area contributed by atoms with Gasteiger partial charge in [0, 0.05) is 56.0 Å². The van der Waals surface area contributed by atoms with Crippen molar-refractivity contribution in [1.29, 1.82) is 5.26 Å². The maximum absolute atomic E-state index is 12.9. The first-order valence-electron chi connectivity index (χ1n) is 12.6. The smallest absolute Gasteiger partial charge is 0.475 e. The number of nitriles is 1. The summed E-state index contributed by atoms with van der Waals surface area (Å²) in [6.45, 7) is 7.75. The van der Waals surface area contributed by atoms with Crippen LogP contribution in [0.4, 0.5) is 13.2 Å². The number of halogens is 4. The highest BCUT2D eigenvalue weighted by Gasteiger charge is 2.38. The Hall–Kier alpha value is -3.92. The first kappa shape index (κ1) is 31.6. The zero-order valence-electron chi connectivity index (χ0n) is 22.5. The molecule has 1 amide bonds. The van der Waals surface area contributed by atoms with Crippen LogP contribution in [0.25, 0.3) is 5.69 Å². The normalized spacial score (nSPS) is 13.8. The molecule has 1 aromatic heterocycles. The third-order valence-corrected chi connectivity index (χ3v) is 6.97. The topological polar surface area (TPSA) is 123 Å². The summed E-state index contributed by atoms with van der Waals surface area (Å²) in [5.74, 6) is -2.71. The van der Waals surface area contributed by atoms with Crippen molar-refractivity contribution < 1.29 is 33.0 Å². The average Bonchev–Trinajstić information content (AvgIpc) is 3.22. The summed E-state index contributed by atoms with van der Waals surface area (Å²) in [5, 5.41) is 30.4. The predicted molar refractivity (Wildman–Crippen MR) is 145 cm³/mol. The molecule has 0 aliphatic carbocycles. The summed E-state index contributed by atoms with van der Waals surface area (Å²) in [6, 6.07) is 15.2. The van der Waals surface area contributed by atoms with Gasteiger partial charge in [0.25, 0.3) is 5.91 Å². The van der Waals surface area contributed by atoms with E-state index in [-0.39, 0.29) is 12.5 Å². The molecule has 9 nitrogen and oxygen atoms in total. The maximum Gasteiger partial charge on any atom is 0.490 e. The first-order chi connectivity index (χ1) is 19.3. The van der Waals surface area contributed by atoms with Gasteiger partial charge in [-0.25, -0.2) is 9.48 Å². The second kappa shape index (κ2) is 13.6. The van der Waals surface area contributed by atoms with E-state index in [2.05, 4.69) is 11.0 Å². The lowest BCUT2D eigenvalue weighted by Crippen LogP contribution is -2.49. The molecule has 0 radical (unpaired) electrons. The highest BCUT2D eigenvalue weighted by molar-refractivity contribution is 6.31. The van der Waals surface area contributed by atoms with Crippen LogP contribution in [0.15, 0.2) is 42.5 Å². The molecule has 1 saturated heterocycles. The number of piperazine rings is 1. The lowest BCUT2D eigenvalue weighted by Gasteiger charge is -2.34. The van der Waals surface area contributed by atoms with Gasteiger partial charge in [0.15, 0.2) is 0 Å². The standard InChI is InChI=1S/C26H28ClN5O2.C2HF3O2/c1-18-24(19(2)32(29-18)23-8-7-22(17-28)25(27)16-23)15-20-3-5-21(6-4-20)26(34)31-11-9-30(10-12-31)13-14-33;3-2(4,5)1(6)7/h3-8,16,33H,9-15H2,1-2H3;(H,6,7). The number of aliphatic carboxylic acids is 1. The van der Waals surface area contributed by atoms with Crippen LogP contribution >= 0.6 is 11.6 Å². The number of hydrogen-bond acceptors (Lipinski definition) is 6. The summed E-state index contributed by atoms with van der Waals surface area (Å²) < 4.78 is 33.6. The quantitative estimate of drug-likeness (QED) is 0.444. The number of rotatable bonds is 6. The van der Waals surface area contributed by atoms with Crippen LogP contribution in [0, 0.1) is 25.2 Å². The van der Waals surface area contributed by atoms with Crippen molar-refractivity contribution in [3.05, 3.63) is 81.1 Å². The Balaban J connectivity index is 0.000000587. The summed E-state index contributed by atoms with van der Waals surface area (Å²) in [5.41, 5.74) is 6.12. The molecule has 0 saturated carbocycles. The molecule has 0 bridgehead atoms. The van der Waals surface area contributed by atoms with Gasteiger partial charge in [0.1, 0.15) is 6.07 Å². The largest absolute Gasteiger partial charge is 0.490 e. The van der Waals surface area contributed by atoms with Gasteiger partial charge in [0.05, 0.1) is 28.6 Å². The summed E-state index contributed by atoms with van der Waals surface area (Å²) >= 11 is 6.22. The molecular formula is C28H29ClF3N5O4. The molecule has 2 heterocycles.